The van der Waals surface area contributed by atoms with Crippen molar-refractivity contribution in [2.75, 3.05) is 19.8 Å². The van der Waals surface area contributed by atoms with Crippen molar-refractivity contribution < 1.29 is 18.9 Å². The Hall–Kier alpha value is -0.160. The molecule has 0 aromatic rings. The van der Waals surface area contributed by atoms with Crippen LogP contribution in [0.5, 0.6) is 0 Å². The summed E-state index contributed by atoms with van der Waals surface area (Å²) in [7, 11) is 0. The van der Waals surface area contributed by atoms with Crippen LogP contribution < -0.4 is 0 Å². The van der Waals surface area contributed by atoms with Crippen LogP contribution >= 0.6 is 0 Å². The van der Waals surface area contributed by atoms with Crippen molar-refractivity contribution in [1.29, 1.82) is 0 Å². The van der Waals surface area contributed by atoms with Gasteiger partial charge in [-0.05, 0) is 12.8 Å². The normalized spacial score (nSPS) is 44.0. The van der Waals surface area contributed by atoms with Crippen molar-refractivity contribution >= 4 is 0 Å². The molecule has 0 aromatic carbocycles. The summed E-state index contributed by atoms with van der Waals surface area (Å²) < 4.78 is 21.9. The maximum Gasteiger partial charge on any atom is 0.181 e. The molecule has 0 amide bonds. The van der Waals surface area contributed by atoms with Gasteiger partial charge in [0.05, 0.1) is 25.4 Å². The Balaban J connectivity index is 1.46. The summed E-state index contributed by atoms with van der Waals surface area (Å²) in [4.78, 5) is 0. The van der Waals surface area contributed by atoms with E-state index in [1.54, 1.807) is 0 Å². The molecular formula is C11H18O4. The molecule has 3 fully saturated rings. The van der Waals surface area contributed by atoms with Crippen LogP contribution in [0.2, 0.25) is 0 Å². The van der Waals surface area contributed by atoms with Gasteiger partial charge in [-0.1, -0.05) is 12.8 Å². The van der Waals surface area contributed by atoms with Crippen LogP contribution in [-0.4, -0.2) is 44.4 Å². The van der Waals surface area contributed by atoms with Crippen molar-refractivity contribution in [3.05, 3.63) is 0 Å². The minimum atomic E-state index is 0.0522. The molecule has 0 spiro atoms. The summed E-state index contributed by atoms with van der Waals surface area (Å²) in [6.45, 7) is 2.36. The summed E-state index contributed by atoms with van der Waals surface area (Å²) in [5.41, 5.74) is 0. The molecule has 1 saturated carbocycles. The highest BCUT2D eigenvalue weighted by Gasteiger charge is 2.35. The molecule has 0 radical (unpaired) electrons. The molecule has 3 rings (SSSR count). The molecule has 3 aliphatic rings. The standard InChI is InChI=1S/C11H18O4/c1-2-4-10(15-11-7-14-11)9(3-1)13-6-8-5-12-8/h8-11H,1-7H2. The van der Waals surface area contributed by atoms with Crippen LogP contribution in [0.3, 0.4) is 0 Å². The first-order valence-electron chi connectivity index (χ1n) is 5.92. The van der Waals surface area contributed by atoms with Crippen molar-refractivity contribution in [3.8, 4) is 0 Å². The largest absolute Gasteiger partial charge is 0.373 e. The molecule has 1 aliphatic carbocycles. The van der Waals surface area contributed by atoms with E-state index in [1.807, 2.05) is 0 Å². The third kappa shape index (κ3) is 2.91. The van der Waals surface area contributed by atoms with E-state index in [-0.39, 0.29) is 18.5 Å². The lowest BCUT2D eigenvalue weighted by atomic mass is 9.94. The number of hydrogen-bond acceptors (Lipinski definition) is 4. The topological polar surface area (TPSA) is 43.5 Å². The molecule has 2 aliphatic heterocycles. The van der Waals surface area contributed by atoms with Gasteiger partial charge in [0.1, 0.15) is 12.7 Å². The Kier molecular flexibility index (Phi) is 2.92. The maximum absolute atomic E-state index is 5.84. The van der Waals surface area contributed by atoms with E-state index >= 15 is 0 Å². The van der Waals surface area contributed by atoms with Crippen LogP contribution in [0.15, 0.2) is 0 Å². The van der Waals surface area contributed by atoms with E-state index in [2.05, 4.69) is 0 Å². The van der Waals surface area contributed by atoms with Gasteiger partial charge in [0.25, 0.3) is 0 Å². The average molecular weight is 214 g/mol. The highest BCUT2D eigenvalue weighted by Crippen LogP contribution is 2.28. The van der Waals surface area contributed by atoms with Crippen molar-refractivity contribution in [1.82, 2.24) is 0 Å². The van der Waals surface area contributed by atoms with Gasteiger partial charge < -0.3 is 18.9 Å². The SMILES string of the molecule is C1CCC(OC2CO2)C(OCC2CO2)C1. The second-order valence-corrected chi connectivity index (χ2v) is 4.55. The molecule has 2 saturated heterocycles. The maximum atomic E-state index is 5.84. The van der Waals surface area contributed by atoms with Gasteiger partial charge in [0, 0.05) is 0 Å². The van der Waals surface area contributed by atoms with Gasteiger partial charge in [-0.25, -0.2) is 0 Å². The van der Waals surface area contributed by atoms with Crippen LogP contribution in [0.1, 0.15) is 25.7 Å². The Morgan fingerprint density at radius 1 is 1.00 bits per heavy atom. The zero-order valence-electron chi connectivity index (χ0n) is 8.89. The predicted molar refractivity (Wildman–Crippen MR) is 52.6 cm³/mol. The van der Waals surface area contributed by atoms with Gasteiger partial charge in [-0.2, -0.15) is 0 Å². The van der Waals surface area contributed by atoms with Gasteiger partial charge in [-0.3, -0.25) is 0 Å². The van der Waals surface area contributed by atoms with E-state index in [1.165, 1.54) is 12.8 Å². The van der Waals surface area contributed by atoms with E-state index in [0.29, 0.717) is 6.10 Å². The summed E-state index contributed by atoms with van der Waals surface area (Å²) in [6, 6.07) is 0. The van der Waals surface area contributed by atoms with Crippen LogP contribution in [0.25, 0.3) is 0 Å². The Morgan fingerprint density at radius 2 is 1.73 bits per heavy atom. The molecule has 86 valence electrons. The molecule has 4 unspecified atom stereocenters. The zero-order valence-corrected chi connectivity index (χ0v) is 8.89. The molecule has 0 bridgehead atoms. The molecular weight excluding hydrogens is 196 g/mol. The van der Waals surface area contributed by atoms with Crippen LogP contribution in [-0.2, 0) is 18.9 Å². The van der Waals surface area contributed by atoms with Crippen LogP contribution in [0, 0.1) is 0 Å². The van der Waals surface area contributed by atoms with E-state index < -0.39 is 0 Å². The first-order chi connectivity index (χ1) is 7.42. The zero-order chi connectivity index (χ0) is 10.1. The second kappa shape index (κ2) is 4.37. The van der Waals surface area contributed by atoms with E-state index in [9.17, 15) is 0 Å². The number of epoxide rings is 2. The fourth-order valence-corrected chi connectivity index (χ4v) is 2.12. The third-order valence-electron chi connectivity index (χ3n) is 3.17. The van der Waals surface area contributed by atoms with E-state index in [4.69, 9.17) is 18.9 Å². The summed E-state index contributed by atoms with van der Waals surface area (Å²) in [6.07, 6.45) is 5.62. The van der Waals surface area contributed by atoms with Crippen molar-refractivity contribution in [3.63, 3.8) is 0 Å². The summed E-state index contributed by atoms with van der Waals surface area (Å²) in [5.74, 6) is 0. The van der Waals surface area contributed by atoms with Crippen molar-refractivity contribution in [2.45, 2.75) is 50.3 Å². The Morgan fingerprint density at radius 3 is 2.40 bits per heavy atom. The fraction of sp³-hybridized carbons (Fsp3) is 1.00. The summed E-state index contributed by atoms with van der Waals surface area (Å²) in [5, 5.41) is 0. The first kappa shape index (κ1) is 10.0. The molecule has 2 heterocycles. The van der Waals surface area contributed by atoms with E-state index in [0.717, 1.165) is 32.7 Å². The number of ether oxygens (including phenoxy) is 4. The highest BCUT2D eigenvalue weighted by molar-refractivity contribution is 4.80. The lowest BCUT2D eigenvalue weighted by Gasteiger charge is -2.30. The second-order valence-electron chi connectivity index (χ2n) is 4.55. The minimum absolute atomic E-state index is 0.0522. The van der Waals surface area contributed by atoms with Crippen LogP contribution in [0.4, 0.5) is 0 Å². The Labute approximate surface area is 89.8 Å². The molecule has 0 N–H and O–H groups in total. The third-order valence-corrected chi connectivity index (χ3v) is 3.17. The molecule has 15 heavy (non-hydrogen) atoms. The number of rotatable bonds is 5. The fourth-order valence-electron chi connectivity index (χ4n) is 2.12. The molecule has 4 nitrogen and oxygen atoms in total. The Bertz CT molecular complexity index is 213. The first-order valence-corrected chi connectivity index (χ1v) is 5.92. The monoisotopic (exact) mass is 214 g/mol. The molecule has 4 heteroatoms. The quantitative estimate of drug-likeness (QED) is 0.642. The van der Waals surface area contributed by atoms with Crippen molar-refractivity contribution in [2.24, 2.45) is 0 Å². The minimum Gasteiger partial charge on any atom is -0.373 e. The average Bonchev–Trinajstić information content (AvgIpc) is 3.12. The smallest absolute Gasteiger partial charge is 0.181 e. The highest BCUT2D eigenvalue weighted by atomic mass is 16.8. The lowest BCUT2D eigenvalue weighted by Crippen LogP contribution is -2.36. The van der Waals surface area contributed by atoms with Gasteiger partial charge in [0.15, 0.2) is 6.29 Å². The summed E-state index contributed by atoms with van der Waals surface area (Å²) >= 11 is 0. The molecule has 0 aromatic heterocycles. The van der Waals surface area contributed by atoms with Gasteiger partial charge in [0.2, 0.25) is 0 Å². The van der Waals surface area contributed by atoms with Gasteiger partial charge in [-0.15, -0.1) is 0 Å². The number of hydrogen-bond donors (Lipinski definition) is 0. The molecule has 4 atom stereocenters. The predicted octanol–water partition coefficient (Wildman–Crippen LogP) is 1.09. The van der Waals surface area contributed by atoms with Gasteiger partial charge >= 0.3 is 0 Å². The lowest BCUT2D eigenvalue weighted by molar-refractivity contribution is -0.118.